The van der Waals surface area contributed by atoms with E-state index in [9.17, 15) is 14.7 Å². The van der Waals surface area contributed by atoms with Gasteiger partial charge in [0.15, 0.2) is 0 Å². The molecule has 0 spiro atoms. The summed E-state index contributed by atoms with van der Waals surface area (Å²) in [6, 6.07) is 0. The summed E-state index contributed by atoms with van der Waals surface area (Å²) in [5.41, 5.74) is -1.29. The Kier molecular flexibility index (Phi) is 3.38. The van der Waals surface area contributed by atoms with Gasteiger partial charge in [0.1, 0.15) is 11.8 Å². The van der Waals surface area contributed by atoms with E-state index < -0.39 is 23.1 Å². The van der Waals surface area contributed by atoms with E-state index in [-0.39, 0.29) is 13.2 Å². The lowest BCUT2D eigenvalue weighted by molar-refractivity contribution is -0.0557. The molecule has 0 saturated carbocycles. The zero-order chi connectivity index (χ0) is 13.3. The molecule has 1 aromatic rings. The molecule has 0 radical (unpaired) electrons. The molecule has 0 bridgehead atoms. The van der Waals surface area contributed by atoms with Gasteiger partial charge in [-0.3, -0.25) is 14.3 Å². The van der Waals surface area contributed by atoms with Gasteiger partial charge in [0.25, 0.3) is 5.56 Å². The average Bonchev–Trinajstić information content (AvgIpc) is 2.79. The van der Waals surface area contributed by atoms with Crippen LogP contribution in [0.1, 0.15) is 18.2 Å². The normalized spacial score (nSPS) is 27.6. The van der Waals surface area contributed by atoms with Crippen LogP contribution in [-0.4, -0.2) is 40.6 Å². The van der Waals surface area contributed by atoms with Crippen LogP contribution < -0.4 is 11.2 Å². The molecule has 2 atom stereocenters. The molecule has 0 aromatic carbocycles. The quantitative estimate of drug-likeness (QED) is 0.734. The summed E-state index contributed by atoms with van der Waals surface area (Å²) in [5, 5.41) is 9.30. The van der Waals surface area contributed by atoms with E-state index in [0.717, 1.165) is 0 Å². The second kappa shape index (κ2) is 4.68. The molecule has 0 unspecified atom stereocenters. The SMILES string of the molecule is CO[C@@]1(CO)CO[C@@H](n2cc(C)c(=O)[nH]c2=O)C1. The molecule has 1 saturated heterocycles. The van der Waals surface area contributed by atoms with Crippen LogP contribution in [0.4, 0.5) is 0 Å². The number of rotatable bonds is 3. The number of nitrogens with zero attached hydrogens (tertiary/aromatic N) is 1. The number of aromatic nitrogens is 2. The second-order valence-electron chi connectivity index (χ2n) is 4.49. The Morgan fingerprint density at radius 3 is 2.94 bits per heavy atom. The van der Waals surface area contributed by atoms with E-state index in [1.165, 1.54) is 17.9 Å². The van der Waals surface area contributed by atoms with Crippen molar-refractivity contribution in [2.45, 2.75) is 25.2 Å². The van der Waals surface area contributed by atoms with Gasteiger partial charge in [0.05, 0.1) is 13.2 Å². The minimum Gasteiger partial charge on any atom is -0.393 e. The summed E-state index contributed by atoms with van der Waals surface area (Å²) >= 11 is 0. The molecule has 7 nitrogen and oxygen atoms in total. The van der Waals surface area contributed by atoms with Crippen molar-refractivity contribution < 1.29 is 14.6 Å². The third kappa shape index (κ3) is 2.12. The molecule has 100 valence electrons. The predicted octanol–water partition coefficient (Wildman–Crippen LogP) is -0.859. The smallest absolute Gasteiger partial charge is 0.330 e. The van der Waals surface area contributed by atoms with Gasteiger partial charge < -0.3 is 14.6 Å². The van der Waals surface area contributed by atoms with Crippen molar-refractivity contribution in [3.63, 3.8) is 0 Å². The fraction of sp³-hybridized carbons (Fsp3) is 0.636. The minimum absolute atomic E-state index is 0.183. The molecule has 1 aliphatic heterocycles. The Morgan fingerprint density at radius 2 is 2.39 bits per heavy atom. The maximum Gasteiger partial charge on any atom is 0.330 e. The first-order valence-electron chi connectivity index (χ1n) is 5.61. The number of nitrogens with one attached hydrogen (secondary N) is 1. The van der Waals surface area contributed by atoms with Gasteiger partial charge in [0.2, 0.25) is 0 Å². The Hall–Kier alpha value is -1.44. The van der Waals surface area contributed by atoms with Crippen LogP contribution in [-0.2, 0) is 9.47 Å². The molecule has 1 aliphatic rings. The molecule has 1 fully saturated rings. The Balaban J connectivity index is 2.33. The lowest BCUT2D eigenvalue weighted by Crippen LogP contribution is -2.37. The number of aromatic amines is 1. The molecule has 1 aromatic heterocycles. The van der Waals surface area contributed by atoms with Gasteiger partial charge in [-0.1, -0.05) is 0 Å². The minimum atomic E-state index is -0.784. The molecule has 0 amide bonds. The van der Waals surface area contributed by atoms with Gasteiger partial charge in [-0.25, -0.2) is 4.79 Å². The number of aliphatic hydroxyl groups excluding tert-OH is 1. The van der Waals surface area contributed by atoms with Crippen LogP contribution in [0.3, 0.4) is 0 Å². The maximum atomic E-state index is 11.7. The Bertz CT molecular complexity index is 543. The summed E-state index contributed by atoms with van der Waals surface area (Å²) in [5.74, 6) is 0. The van der Waals surface area contributed by atoms with Crippen LogP contribution in [0, 0.1) is 6.92 Å². The lowest BCUT2D eigenvalue weighted by atomic mass is 10.0. The first kappa shape index (κ1) is 13.0. The Labute approximate surface area is 103 Å². The van der Waals surface area contributed by atoms with Crippen LogP contribution in [0.15, 0.2) is 15.8 Å². The van der Waals surface area contributed by atoms with Crippen LogP contribution in [0.2, 0.25) is 0 Å². The summed E-state index contributed by atoms with van der Waals surface area (Å²) < 4.78 is 12.0. The standard InChI is InChI=1S/C11H16N2O5/c1-7-4-13(10(16)12-9(7)15)8-3-11(5-14,17-2)6-18-8/h4,8,14H,3,5-6H2,1-2H3,(H,12,15,16)/t8-,11+/m1/s1. The number of hydrogen-bond donors (Lipinski definition) is 2. The number of aryl methyl sites for hydroxylation is 1. The average molecular weight is 256 g/mol. The van der Waals surface area contributed by atoms with Crippen LogP contribution in [0.5, 0.6) is 0 Å². The van der Waals surface area contributed by atoms with Crippen molar-refractivity contribution in [2.75, 3.05) is 20.3 Å². The second-order valence-corrected chi connectivity index (χ2v) is 4.49. The van der Waals surface area contributed by atoms with Crippen molar-refractivity contribution in [1.82, 2.24) is 9.55 Å². The summed E-state index contributed by atoms with van der Waals surface area (Å²) in [4.78, 5) is 25.2. The molecule has 2 N–H and O–H groups in total. The molecular weight excluding hydrogens is 240 g/mol. The molecule has 2 heterocycles. The van der Waals surface area contributed by atoms with E-state index in [2.05, 4.69) is 4.98 Å². The van der Waals surface area contributed by atoms with E-state index in [1.54, 1.807) is 6.92 Å². The molecular formula is C11H16N2O5. The van der Waals surface area contributed by atoms with Gasteiger partial charge in [-0.2, -0.15) is 0 Å². The molecule has 7 heteroatoms. The molecule has 2 rings (SSSR count). The van der Waals surface area contributed by atoms with E-state index in [0.29, 0.717) is 12.0 Å². The maximum absolute atomic E-state index is 11.7. The number of hydrogen-bond acceptors (Lipinski definition) is 5. The number of ether oxygens (including phenoxy) is 2. The lowest BCUT2D eigenvalue weighted by Gasteiger charge is -2.22. The highest BCUT2D eigenvalue weighted by Gasteiger charge is 2.41. The summed E-state index contributed by atoms with van der Waals surface area (Å²) in [6.45, 7) is 1.63. The van der Waals surface area contributed by atoms with Crippen LogP contribution in [0.25, 0.3) is 0 Å². The van der Waals surface area contributed by atoms with Crippen LogP contribution >= 0.6 is 0 Å². The first-order valence-corrected chi connectivity index (χ1v) is 5.61. The summed E-state index contributed by atoms with van der Waals surface area (Å²) in [6.07, 6.45) is 1.26. The van der Waals surface area contributed by atoms with Gasteiger partial charge in [-0.15, -0.1) is 0 Å². The monoisotopic (exact) mass is 256 g/mol. The molecule has 18 heavy (non-hydrogen) atoms. The number of methoxy groups -OCH3 is 1. The highest BCUT2D eigenvalue weighted by atomic mass is 16.6. The highest BCUT2D eigenvalue weighted by Crippen LogP contribution is 2.32. The Morgan fingerprint density at radius 1 is 1.67 bits per heavy atom. The van der Waals surface area contributed by atoms with E-state index >= 15 is 0 Å². The zero-order valence-corrected chi connectivity index (χ0v) is 10.3. The summed E-state index contributed by atoms with van der Waals surface area (Å²) in [7, 11) is 1.49. The van der Waals surface area contributed by atoms with E-state index in [1.807, 2.05) is 0 Å². The fourth-order valence-electron chi connectivity index (χ4n) is 1.98. The topological polar surface area (TPSA) is 93.5 Å². The van der Waals surface area contributed by atoms with Crippen molar-refractivity contribution in [3.05, 3.63) is 32.6 Å². The zero-order valence-electron chi connectivity index (χ0n) is 10.3. The highest BCUT2D eigenvalue weighted by molar-refractivity contribution is 5.02. The van der Waals surface area contributed by atoms with Crippen molar-refractivity contribution in [3.8, 4) is 0 Å². The molecule has 0 aliphatic carbocycles. The number of aliphatic hydroxyl groups is 1. The third-order valence-corrected chi connectivity index (χ3v) is 3.26. The van der Waals surface area contributed by atoms with Crippen molar-refractivity contribution in [2.24, 2.45) is 0 Å². The van der Waals surface area contributed by atoms with Gasteiger partial charge in [-0.05, 0) is 6.92 Å². The van der Waals surface area contributed by atoms with Crippen molar-refractivity contribution >= 4 is 0 Å². The van der Waals surface area contributed by atoms with Gasteiger partial charge in [0, 0.05) is 25.3 Å². The van der Waals surface area contributed by atoms with Crippen molar-refractivity contribution in [1.29, 1.82) is 0 Å². The first-order chi connectivity index (χ1) is 8.51. The van der Waals surface area contributed by atoms with Gasteiger partial charge >= 0.3 is 5.69 Å². The van der Waals surface area contributed by atoms with E-state index in [4.69, 9.17) is 9.47 Å². The largest absolute Gasteiger partial charge is 0.393 e. The number of H-pyrrole nitrogens is 1. The third-order valence-electron chi connectivity index (χ3n) is 3.26. The fourth-order valence-corrected chi connectivity index (χ4v) is 1.98. The predicted molar refractivity (Wildman–Crippen MR) is 62.5 cm³/mol.